The molecule has 0 bridgehead atoms. The summed E-state index contributed by atoms with van der Waals surface area (Å²) < 4.78 is 38.8. The van der Waals surface area contributed by atoms with E-state index in [9.17, 15) is 17.6 Å². The van der Waals surface area contributed by atoms with Crippen molar-refractivity contribution in [2.24, 2.45) is 5.14 Å². The Kier molecular flexibility index (Phi) is 5.47. The summed E-state index contributed by atoms with van der Waals surface area (Å²) in [5.74, 6) is -0.723. The van der Waals surface area contributed by atoms with Crippen LogP contribution in [0.3, 0.4) is 0 Å². The standard InChI is InChI=1S/C20H18FN7O3S/c1-23-20(29)28-8-7-12-9-14(5-6-17(12)28)25-18-16(21)11-24-19(27-18)26-13-3-2-4-15(10-13)32(22,30)31/h2-11H,1H3,(H,23,29)(H2,22,30,31)(H2,24,25,26,27). The largest absolute Gasteiger partial charge is 0.340 e. The van der Waals surface area contributed by atoms with Crippen LogP contribution in [0, 0.1) is 5.82 Å². The van der Waals surface area contributed by atoms with E-state index in [1.165, 1.54) is 22.8 Å². The van der Waals surface area contributed by atoms with Crippen molar-refractivity contribution in [2.75, 3.05) is 17.7 Å². The van der Waals surface area contributed by atoms with E-state index in [0.29, 0.717) is 16.9 Å². The first-order chi connectivity index (χ1) is 15.2. The second-order valence-corrected chi connectivity index (χ2v) is 8.29. The van der Waals surface area contributed by atoms with E-state index < -0.39 is 15.8 Å². The van der Waals surface area contributed by atoms with Crippen LogP contribution < -0.4 is 21.1 Å². The van der Waals surface area contributed by atoms with Crippen molar-refractivity contribution >= 4 is 50.1 Å². The minimum atomic E-state index is -3.88. The molecule has 4 aromatic rings. The van der Waals surface area contributed by atoms with Crippen molar-refractivity contribution < 1.29 is 17.6 Å². The van der Waals surface area contributed by atoms with Crippen LogP contribution in [0.2, 0.25) is 0 Å². The van der Waals surface area contributed by atoms with Gasteiger partial charge in [0.1, 0.15) is 0 Å². The Hall–Kier alpha value is -4.03. The third-order valence-electron chi connectivity index (χ3n) is 4.55. The van der Waals surface area contributed by atoms with Crippen LogP contribution in [-0.4, -0.2) is 36.0 Å². The zero-order chi connectivity index (χ0) is 22.9. The summed E-state index contributed by atoms with van der Waals surface area (Å²) in [5.41, 5.74) is 1.60. The van der Waals surface area contributed by atoms with Crippen LogP contribution in [0.1, 0.15) is 0 Å². The molecule has 0 saturated heterocycles. The number of fused-ring (bicyclic) bond motifs is 1. The topological polar surface area (TPSA) is 144 Å². The summed E-state index contributed by atoms with van der Waals surface area (Å²) in [4.78, 5) is 19.8. The maximum Gasteiger partial charge on any atom is 0.325 e. The van der Waals surface area contributed by atoms with Gasteiger partial charge in [-0.05, 0) is 42.5 Å². The lowest BCUT2D eigenvalue weighted by atomic mass is 10.2. The van der Waals surface area contributed by atoms with Crippen molar-refractivity contribution in [3.8, 4) is 0 Å². The number of rotatable bonds is 5. The molecule has 0 unspecified atom stereocenters. The van der Waals surface area contributed by atoms with Gasteiger partial charge in [-0.3, -0.25) is 4.57 Å². The number of aromatic nitrogens is 3. The second-order valence-electron chi connectivity index (χ2n) is 6.73. The van der Waals surface area contributed by atoms with Gasteiger partial charge in [-0.15, -0.1) is 0 Å². The molecular weight excluding hydrogens is 437 g/mol. The molecule has 0 aliphatic rings. The quantitative estimate of drug-likeness (QED) is 0.362. The van der Waals surface area contributed by atoms with Crippen LogP contribution in [0.25, 0.3) is 10.9 Å². The molecule has 0 fully saturated rings. The average molecular weight is 455 g/mol. The van der Waals surface area contributed by atoms with Gasteiger partial charge < -0.3 is 16.0 Å². The molecule has 2 aromatic heterocycles. The molecule has 0 spiro atoms. The number of nitrogens with one attached hydrogen (secondary N) is 3. The fourth-order valence-electron chi connectivity index (χ4n) is 3.05. The molecule has 0 aliphatic carbocycles. The molecular formula is C20H18FN7O3S. The molecule has 12 heteroatoms. The first-order valence-electron chi connectivity index (χ1n) is 9.27. The van der Waals surface area contributed by atoms with Gasteiger partial charge in [0.2, 0.25) is 16.0 Å². The van der Waals surface area contributed by atoms with Gasteiger partial charge >= 0.3 is 6.03 Å². The van der Waals surface area contributed by atoms with Crippen molar-refractivity contribution in [1.82, 2.24) is 19.9 Å². The SMILES string of the molecule is CNC(=O)n1ccc2cc(Nc3nc(Nc4cccc(S(N)(=O)=O)c4)ncc3F)ccc21. The first kappa shape index (κ1) is 21.2. The van der Waals surface area contributed by atoms with E-state index in [2.05, 4.69) is 25.9 Å². The molecule has 10 nitrogen and oxygen atoms in total. The maximum absolute atomic E-state index is 14.3. The summed E-state index contributed by atoms with van der Waals surface area (Å²) in [7, 11) is -2.34. The Balaban J connectivity index is 1.59. The normalized spacial score (nSPS) is 11.3. The van der Waals surface area contributed by atoms with Crippen LogP contribution in [0.15, 0.2) is 65.8 Å². The molecule has 0 aliphatic heterocycles. The Bertz CT molecular complexity index is 1440. The fourth-order valence-corrected chi connectivity index (χ4v) is 3.61. The molecule has 0 saturated carbocycles. The average Bonchev–Trinajstić information content (AvgIpc) is 3.18. The van der Waals surface area contributed by atoms with Gasteiger partial charge in [0.05, 0.1) is 16.6 Å². The number of hydrogen-bond acceptors (Lipinski definition) is 7. The van der Waals surface area contributed by atoms with Crippen LogP contribution in [0.5, 0.6) is 0 Å². The van der Waals surface area contributed by atoms with Gasteiger partial charge in [0.25, 0.3) is 0 Å². The number of nitrogens with zero attached hydrogens (tertiary/aromatic N) is 3. The third kappa shape index (κ3) is 4.36. The molecule has 32 heavy (non-hydrogen) atoms. The number of sulfonamides is 1. The number of carbonyl (C=O) groups is 1. The van der Waals surface area contributed by atoms with E-state index in [1.807, 2.05) is 0 Å². The molecule has 2 aromatic carbocycles. The number of carbonyl (C=O) groups excluding carboxylic acids is 1. The zero-order valence-corrected chi connectivity index (χ0v) is 17.5. The van der Waals surface area contributed by atoms with E-state index in [-0.39, 0.29) is 22.7 Å². The van der Waals surface area contributed by atoms with Crippen molar-refractivity contribution in [3.05, 3.63) is 66.7 Å². The molecule has 0 atom stereocenters. The van der Waals surface area contributed by atoms with Crippen molar-refractivity contribution in [2.45, 2.75) is 4.90 Å². The number of hydrogen-bond donors (Lipinski definition) is 4. The lowest BCUT2D eigenvalue weighted by molar-refractivity contribution is 0.245. The highest BCUT2D eigenvalue weighted by Gasteiger charge is 2.12. The smallest absolute Gasteiger partial charge is 0.325 e. The maximum atomic E-state index is 14.3. The number of benzene rings is 2. The number of primary sulfonamides is 1. The summed E-state index contributed by atoms with van der Waals surface area (Å²) in [6.45, 7) is 0. The van der Waals surface area contributed by atoms with E-state index >= 15 is 0 Å². The first-order valence-corrected chi connectivity index (χ1v) is 10.8. The van der Waals surface area contributed by atoms with Gasteiger partial charge in [0.15, 0.2) is 11.6 Å². The zero-order valence-electron chi connectivity index (χ0n) is 16.7. The summed E-state index contributed by atoms with van der Waals surface area (Å²) in [6, 6.07) is 12.4. The predicted octanol–water partition coefficient (Wildman–Crippen LogP) is 2.89. The Morgan fingerprint density at radius 1 is 1.09 bits per heavy atom. The van der Waals surface area contributed by atoms with Crippen LogP contribution >= 0.6 is 0 Å². The van der Waals surface area contributed by atoms with Gasteiger partial charge in [0, 0.05) is 30.0 Å². The van der Waals surface area contributed by atoms with E-state index in [4.69, 9.17) is 5.14 Å². The number of halogens is 1. The Labute approximate surface area is 182 Å². The van der Waals surface area contributed by atoms with Gasteiger partial charge in [-0.1, -0.05) is 6.07 Å². The van der Waals surface area contributed by atoms with E-state index in [1.54, 1.807) is 43.6 Å². The highest BCUT2D eigenvalue weighted by molar-refractivity contribution is 7.89. The van der Waals surface area contributed by atoms with Crippen LogP contribution in [-0.2, 0) is 10.0 Å². The minimum Gasteiger partial charge on any atom is -0.340 e. The van der Waals surface area contributed by atoms with Gasteiger partial charge in [-0.2, -0.15) is 4.98 Å². The summed E-state index contributed by atoms with van der Waals surface area (Å²) in [5, 5.41) is 14.2. The monoisotopic (exact) mass is 455 g/mol. The Morgan fingerprint density at radius 3 is 2.62 bits per heavy atom. The molecule has 5 N–H and O–H groups in total. The number of nitrogens with two attached hydrogens (primary N) is 1. The molecule has 0 radical (unpaired) electrons. The Morgan fingerprint density at radius 2 is 1.88 bits per heavy atom. The third-order valence-corrected chi connectivity index (χ3v) is 5.46. The van der Waals surface area contributed by atoms with Crippen molar-refractivity contribution in [3.63, 3.8) is 0 Å². The van der Waals surface area contributed by atoms with Crippen LogP contribution in [0.4, 0.5) is 32.3 Å². The molecule has 164 valence electrons. The van der Waals surface area contributed by atoms with Gasteiger partial charge in [-0.25, -0.2) is 27.7 Å². The predicted molar refractivity (Wildman–Crippen MR) is 118 cm³/mol. The summed E-state index contributed by atoms with van der Waals surface area (Å²) >= 11 is 0. The highest BCUT2D eigenvalue weighted by Crippen LogP contribution is 2.25. The highest BCUT2D eigenvalue weighted by atomic mass is 32.2. The number of amides is 1. The lowest BCUT2D eigenvalue weighted by Gasteiger charge is -2.10. The fraction of sp³-hybridized carbons (Fsp3) is 0.0500. The van der Waals surface area contributed by atoms with Crippen molar-refractivity contribution in [1.29, 1.82) is 0 Å². The second kappa shape index (κ2) is 8.24. The summed E-state index contributed by atoms with van der Waals surface area (Å²) in [6.07, 6.45) is 2.62. The van der Waals surface area contributed by atoms with E-state index in [0.717, 1.165) is 11.6 Å². The number of anilines is 4. The molecule has 1 amide bonds. The lowest BCUT2D eigenvalue weighted by Crippen LogP contribution is -2.23. The molecule has 4 rings (SSSR count). The minimum absolute atomic E-state index is 0.0484. The molecule has 2 heterocycles.